The van der Waals surface area contributed by atoms with Crippen molar-refractivity contribution >= 4 is 29.0 Å². The molecule has 0 aromatic heterocycles. The highest BCUT2D eigenvalue weighted by Gasteiger charge is 2.43. The molecule has 0 fully saturated rings. The zero-order valence-corrected chi connectivity index (χ0v) is 18.7. The van der Waals surface area contributed by atoms with Crippen LogP contribution in [0.25, 0.3) is 0 Å². The van der Waals surface area contributed by atoms with E-state index in [9.17, 15) is 18.4 Å². The van der Waals surface area contributed by atoms with E-state index in [4.69, 9.17) is 11.6 Å². The lowest BCUT2D eigenvalue weighted by Crippen LogP contribution is -2.39. The van der Waals surface area contributed by atoms with E-state index in [1.807, 2.05) is 13.8 Å². The summed E-state index contributed by atoms with van der Waals surface area (Å²) >= 11 is 6.50. The van der Waals surface area contributed by atoms with Crippen molar-refractivity contribution < 1.29 is 18.4 Å². The van der Waals surface area contributed by atoms with Crippen LogP contribution in [0.15, 0.2) is 65.0 Å². The lowest BCUT2D eigenvalue weighted by Gasteiger charge is -2.39. The van der Waals surface area contributed by atoms with Gasteiger partial charge in [-0.1, -0.05) is 43.6 Å². The predicted molar refractivity (Wildman–Crippen MR) is 120 cm³/mol. The third-order valence-electron chi connectivity index (χ3n) is 5.88. The zero-order chi connectivity index (χ0) is 23.2. The van der Waals surface area contributed by atoms with Crippen LogP contribution in [0.1, 0.15) is 45.1 Å². The summed E-state index contributed by atoms with van der Waals surface area (Å²) in [5.74, 6) is -2.97. The summed E-state index contributed by atoms with van der Waals surface area (Å²) in [4.78, 5) is 26.6. The number of hydrogen-bond acceptors (Lipinski definition) is 3. The van der Waals surface area contributed by atoms with Crippen molar-refractivity contribution in [2.45, 2.75) is 39.5 Å². The Bertz CT molecular complexity index is 1200. The van der Waals surface area contributed by atoms with Crippen LogP contribution in [0, 0.1) is 17.0 Å². The van der Waals surface area contributed by atoms with E-state index in [0.717, 1.165) is 17.8 Å². The fourth-order valence-corrected chi connectivity index (χ4v) is 4.78. The highest BCUT2D eigenvalue weighted by molar-refractivity contribution is 6.31. The Morgan fingerprint density at radius 2 is 1.88 bits per heavy atom. The number of hydrogen-bond donors (Lipinski definition) is 2. The number of halogens is 3. The van der Waals surface area contributed by atoms with Crippen molar-refractivity contribution in [1.82, 2.24) is 5.32 Å². The Labute approximate surface area is 190 Å². The maximum absolute atomic E-state index is 14.2. The van der Waals surface area contributed by atoms with E-state index in [1.54, 1.807) is 31.2 Å². The number of ketones is 1. The van der Waals surface area contributed by atoms with Gasteiger partial charge < -0.3 is 10.6 Å². The van der Waals surface area contributed by atoms with Gasteiger partial charge in [0.1, 0.15) is 11.6 Å². The van der Waals surface area contributed by atoms with Gasteiger partial charge in [0, 0.05) is 46.0 Å². The molecule has 2 aliphatic rings. The maximum atomic E-state index is 14.2. The van der Waals surface area contributed by atoms with Crippen LogP contribution in [0.4, 0.5) is 14.5 Å². The van der Waals surface area contributed by atoms with E-state index in [0.29, 0.717) is 40.8 Å². The van der Waals surface area contributed by atoms with Gasteiger partial charge in [-0.15, -0.1) is 0 Å². The smallest absolute Gasteiger partial charge is 0.254 e. The minimum Gasteiger partial charge on any atom is -0.362 e. The molecule has 2 N–H and O–H groups in total. The predicted octanol–water partition coefficient (Wildman–Crippen LogP) is 5.86. The molecule has 1 aliphatic heterocycles. The Morgan fingerprint density at radius 1 is 1.16 bits per heavy atom. The average molecular weight is 457 g/mol. The lowest BCUT2D eigenvalue weighted by atomic mass is 9.68. The average Bonchev–Trinajstić information content (AvgIpc) is 2.68. The molecule has 7 heteroatoms. The van der Waals surface area contributed by atoms with Crippen LogP contribution in [0.3, 0.4) is 0 Å². The summed E-state index contributed by atoms with van der Waals surface area (Å²) in [5, 5.41) is 6.20. The van der Waals surface area contributed by atoms with Gasteiger partial charge in [-0.05, 0) is 42.5 Å². The second kappa shape index (κ2) is 8.17. The van der Waals surface area contributed by atoms with Crippen molar-refractivity contribution in [3.05, 3.63) is 87.2 Å². The van der Waals surface area contributed by atoms with Gasteiger partial charge in [0.2, 0.25) is 0 Å². The summed E-state index contributed by atoms with van der Waals surface area (Å²) in [6, 6.07) is 10.0. The number of carbonyl (C=O) groups is 2. The van der Waals surface area contributed by atoms with Crippen LogP contribution in [-0.2, 0) is 9.59 Å². The largest absolute Gasteiger partial charge is 0.362 e. The Balaban J connectivity index is 1.83. The molecule has 1 atom stereocenters. The monoisotopic (exact) mass is 456 g/mol. The van der Waals surface area contributed by atoms with E-state index in [-0.39, 0.29) is 22.5 Å². The molecule has 0 saturated heterocycles. The van der Waals surface area contributed by atoms with Gasteiger partial charge >= 0.3 is 0 Å². The number of rotatable bonds is 3. The number of benzene rings is 2. The maximum Gasteiger partial charge on any atom is 0.254 e. The number of dihydropyridines is 1. The molecule has 166 valence electrons. The number of nitrogens with one attached hydrogen (secondary N) is 2. The molecule has 32 heavy (non-hydrogen) atoms. The van der Waals surface area contributed by atoms with Crippen LogP contribution in [-0.4, -0.2) is 11.7 Å². The van der Waals surface area contributed by atoms with Crippen LogP contribution >= 0.6 is 11.6 Å². The van der Waals surface area contributed by atoms with Crippen molar-refractivity contribution in [2.24, 2.45) is 5.41 Å². The Morgan fingerprint density at radius 3 is 2.56 bits per heavy atom. The van der Waals surface area contributed by atoms with Gasteiger partial charge in [0.15, 0.2) is 5.78 Å². The lowest BCUT2D eigenvalue weighted by molar-refractivity contribution is -0.118. The van der Waals surface area contributed by atoms with Crippen LogP contribution in [0.5, 0.6) is 0 Å². The quantitative estimate of drug-likeness (QED) is 0.608. The fraction of sp³-hybridized carbons (Fsp3) is 0.280. The first kappa shape index (κ1) is 22.2. The third-order valence-corrected chi connectivity index (χ3v) is 6.22. The molecule has 4 nitrogen and oxygen atoms in total. The standard InChI is InChI=1S/C25H23ClF2N2O2/c1-13-21(24(32)30-18-9-8-14(27)10-17(18)28)22(15-6-4-5-7-16(15)26)23-19(29-13)11-25(2,3)12-20(23)31/h4-10,22,29H,11-12H2,1-3H3,(H,30,32). The Hall–Kier alpha value is -2.99. The summed E-state index contributed by atoms with van der Waals surface area (Å²) in [5.41, 5.74) is 2.37. The summed E-state index contributed by atoms with van der Waals surface area (Å²) in [7, 11) is 0. The molecule has 2 aromatic rings. The number of anilines is 1. The normalized spacial score (nSPS) is 20.1. The number of Topliss-reactive ketones (excluding diaryl/α,β-unsaturated/α-hetero) is 1. The first-order chi connectivity index (χ1) is 15.1. The summed E-state index contributed by atoms with van der Waals surface area (Å²) in [6.07, 6.45) is 0.989. The summed E-state index contributed by atoms with van der Waals surface area (Å²) in [6.45, 7) is 5.80. The number of carbonyl (C=O) groups excluding carboxylic acids is 2. The first-order valence-electron chi connectivity index (χ1n) is 10.3. The molecule has 1 amide bonds. The van der Waals surface area contributed by atoms with Gasteiger partial charge in [-0.3, -0.25) is 9.59 Å². The molecular weight excluding hydrogens is 434 g/mol. The van der Waals surface area contributed by atoms with Crippen molar-refractivity contribution in [1.29, 1.82) is 0 Å². The molecule has 1 aliphatic carbocycles. The van der Waals surface area contributed by atoms with Gasteiger partial charge in [0.05, 0.1) is 5.69 Å². The first-order valence-corrected chi connectivity index (χ1v) is 10.7. The molecule has 0 radical (unpaired) electrons. The molecule has 1 heterocycles. The van der Waals surface area contributed by atoms with Crippen LogP contribution in [0.2, 0.25) is 5.02 Å². The van der Waals surface area contributed by atoms with Crippen molar-refractivity contribution in [3.63, 3.8) is 0 Å². The molecule has 0 bridgehead atoms. The highest BCUT2D eigenvalue weighted by atomic mass is 35.5. The topological polar surface area (TPSA) is 58.2 Å². The minimum atomic E-state index is -0.884. The second-order valence-corrected chi connectivity index (χ2v) is 9.44. The molecular formula is C25H23ClF2N2O2. The van der Waals surface area contributed by atoms with Gasteiger partial charge in [-0.25, -0.2) is 8.78 Å². The van der Waals surface area contributed by atoms with E-state index >= 15 is 0 Å². The molecule has 2 aromatic carbocycles. The Kier molecular flexibility index (Phi) is 5.67. The summed E-state index contributed by atoms with van der Waals surface area (Å²) < 4.78 is 27.5. The molecule has 1 unspecified atom stereocenters. The highest BCUT2D eigenvalue weighted by Crippen LogP contribution is 2.48. The van der Waals surface area contributed by atoms with Gasteiger partial charge in [-0.2, -0.15) is 0 Å². The van der Waals surface area contributed by atoms with E-state index in [2.05, 4.69) is 10.6 Å². The van der Waals surface area contributed by atoms with E-state index < -0.39 is 23.5 Å². The van der Waals surface area contributed by atoms with Gasteiger partial charge in [0.25, 0.3) is 5.91 Å². The van der Waals surface area contributed by atoms with Crippen LogP contribution < -0.4 is 10.6 Å². The molecule has 4 rings (SSSR count). The fourth-order valence-electron chi connectivity index (χ4n) is 4.54. The zero-order valence-electron chi connectivity index (χ0n) is 18.0. The third kappa shape index (κ3) is 4.07. The minimum absolute atomic E-state index is 0.0561. The SMILES string of the molecule is CC1=C(C(=O)Nc2ccc(F)cc2F)C(c2ccccc2Cl)C2=C(CC(C)(C)CC2=O)N1. The molecule has 0 spiro atoms. The van der Waals surface area contributed by atoms with Crippen molar-refractivity contribution in [3.8, 4) is 0 Å². The molecule has 0 saturated carbocycles. The number of allylic oxidation sites excluding steroid dienone is 3. The second-order valence-electron chi connectivity index (χ2n) is 9.03. The number of amides is 1. The van der Waals surface area contributed by atoms with E-state index in [1.165, 1.54) is 0 Å². The van der Waals surface area contributed by atoms with Crippen molar-refractivity contribution in [2.75, 3.05) is 5.32 Å².